The zero-order valence-corrected chi connectivity index (χ0v) is 18.7. The van der Waals surface area contributed by atoms with Crippen molar-refractivity contribution in [1.82, 2.24) is 4.90 Å². The van der Waals surface area contributed by atoms with Gasteiger partial charge in [-0.3, -0.25) is 14.5 Å². The van der Waals surface area contributed by atoms with Gasteiger partial charge in [0.25, 0.3) is 0 Å². The molecule has 0 radical (unpaired) electrons. The van der Waals surface area contributed by atoms with Gasteiger partial charge in [-0.05, 0) is 62.2 Å². The van der Waals surface area contributed by atoms with E-state index in [-0.39, 0.29) is 17.9 Å². The predicted octanol–water partition coefficient (Wildman–Crippen LogP) is 4.38. The molecule has 30 heavy (non-hydrogen) atoms. The first kappa shape index (κ1) is 19.8. The normalized spacial score (nSPS) is 27.1. The fourth-order valence-electron chi connectivity index (χ4n) is 5.39. The Morgan fingerprint density at radius 1 is 1.33 bits per heavy atom. The third kappa shape index (κ3) is 2.79. The summed E-state index contributed by atoms with van der Waals surface area (Å²) in [5.74, 6) is -0.326. The van der Waals surface area contributed by atoms with Gasteiger partial charge in [-0.25, -0.2) is 0 Å². The molecule has 0 bridgehead atoms. The minimum Gasteiger partial charge on any atom is -0.495 e. The van der Waals surface area contributed by atoms with Crippen LogP contribution in [0.25, 0.3) is 0 Å². The maximum absolute atomic E-state index is 13.6. The Balaban J connectivity index is 1.59. The first-order chi connectivity index (χ1) is 14.4. The van der Waals surface area contributed by atoms with E-state index in [1.54, 1.807) is 25.3 Å². The zero-order chi connectivity index (χ0) is 21.0. The highest BCUT2D eigenvalue weighted by atomic mass is 79.9. The predicted molar refractivity (Wildman–Crippen MR) is 119 cm³/mol. The SMILES string of the molecule is COc1ccc(Cl)cc1NC(=O)[C@@H]1C[C@H]2CCCN2[C@@]12C(=O)Nc1ccc(Br)cc12. The minimum atomic E-state index is -1.00. The van der Waals surface area contributed by atoms with Crippen molar-refractivity contribution in [1.29, 1.82) is 0 Å². The Hall–Kier alpha value is -2.09. The van der Waals surface area contributed by atoms with Gasteiger partial charge in [0.1, 0.15) is 11.3 Å². The van der Waals surface area contributed by atoms with Crippen molar-refractivity contribution in [2.75, 3.05) is 24.3 Å². The summed E-state index contributed by atoms with van der Waals surface area (Å²) in [7, 11) is 1.55. The fraction of sp³-hybridized carbons (Fsp3) is 0.364. The third-order valence-corrected chi connectivity index (χ3v) is 7.29. The molecule has 156 valence electrons. The number of amides is 2. The van der Waals surface area contributed by atoms with Crippen LogP contribution in [0, 0.1) is 5.92 Å². The van der Waals surface area contributed by atoms with Crippen LogP contribution in [0.15, 0.2) is 40.9 Å². The lowest BCUT2D eigenvalue weighted by Crippen LogP contribution is -2.53. The van der Waals surface area contributed by atoms with Gasteiger partial charge in [0.15, 0.2) is 0 Å². The standard InChI is InChI=1S/C22H21BrClN3O3/c1-30-19-7-5-13(24)10-18(19)25-20(28)16-11-14-3-2-8-27(14)22(16)15-9-12(23)4-6-17(15)26-21(22)29/h4-7,9-10,14,16H,2-3,8,11H2,1H3,(H,25,28)(H,26,29)/t14-,16+,22-/m1/s1. The first-order valence-electron chi connectivity index (χ1n) is 9.97. The molecular weight excluding hydrogens is 470 g/mol. The molecule has 0 aromatic heterocycles. The summed E-state index contributed by atoms with van der Waals surface area (Å²) in [4.78, 5) is 29.3. The highest BCUT2D eigenvalue weighted by Gasteiger charge is 2.65. The van der Waals surface area contributed by atoms with E-state index in [1.165, 1.54) is 0 Å². The summed E-state index contributed by atoms with van der Waals surface area (Å²) in [6.07, 6.45) is 2.65. The van der Waals surface area contributed by atoms with Crippen LogP contribution in [0.2, 0.25) is 5.02 Å². The molecule has 0 aliphatic carbocycles. The molecule has 2 N–H and O–H groups in total. The van der Waals surface area contributed by atoms with Crippen LogP contribution >= 0.6 is 27.5 Å². The van der Waals surface area contributed by atoms with Crippen LogP contribution in [0.1, 0.15) is 24.8 Å². The number of nitrogens with zero attached hydrogens (tertiary/aromatic N) is 1. The Morgan fingerprint density at radius 2 is 2.17 bits per heavy atom. The number of carbonyl (C=O) groups is 2. The quantitative estimate of drug-likeness (QED) is 0.670. The average molecular weight is 491 g/mol. The lowest BCUT2D eigenvalue weighted by Gasteiger charge is -2.36. The second-order valence-corrected chi connectivity index (χ2v) is 9.37. The molecule has 0 saturated carbocycles. The van der Waals surface area contributed by atoms with Gasteiger partial charge >= 0.3 is 0 Å². The Bertz CT molecular complexity index is 1060. The number of hydrogen-bond donors (Lipinski definition) is 2. The minimum absolute atomic E-state index is 0.127. The second-order valence-electron chi connectivity index (χ2n) is 8.02. The number of carbonyl (C=O) groups excluding carboxylic acids is 2. The average Bonchev–Trinajstić information content (AvgIpc) is 3.37. The van der Waals surface area contributed by atoms with Crippen molar-refractivity contribution in [2.45, 2.75) is 30.8 Å². The van der Waals surface area contributed by atoms with E-state index in [1.807, 2.05) is 18.2 Å². The molecule has 5 rings (SSSR count). The summed E-state index contributed by atoms with van der Waals surface area (Å²) in [6, 6.07) is 11.1. The molecule has 8 heteroatoms. The van der Waals surface area contributed by atoms with Gasteiger partial charge in [0.2, 0.25) is 11.8 Å². The van der Waals surface area contributed by atoms with Crippen LogP contribution < -0.4 is 15.4 Å². The molecule has 3 atom stereocenters. The Kier molecular flexibility index (Phi) is 4.80. The van der Waals surface area contributed by atoms with Gasteiger partial charge < -0.3 is 15.4 Å². The van der Waals surface area contributed by atoms with Crippen LogP contribution in [-0.4, -0.2) is 36.4 Å². The topological polar surface area (TPSA) is 70.7 Å². The molecule has 2 aromatic carbocycles. The Labute approximate surface area is 188 Å². The number of ether oxygens (including phenoxy) is 1. The number of hydrogen-bond acceptors (Lipinski definition) is 4. The molecular formula is C22H21BrClN3O3. The van der Waals surface area contributed by atoms with Gasteiger partial charge in [-0.1, -0.05) is 27.5 Å². The number of methoxy groups -OCH3 is 1. The lowest BCUT2D eigenvalue weighted by atomic mass is 9.78. The first-order valence-corrected chi connectivity index (χ1v) is 11.1. The monoisotopic (exact) mass is 489 g/mol. The van der Waals surface area contributed by atoms with Gasteiger partial charge in [0, 0.05) is 26.8 Å². The highest BCUT2D eigenvalue weighted by Crippen LogP contribution is 2.56. The van der Waals surface area contributed by atoms with Crippen LogP contribution in [-0.2, 0) is 15.1 Å². The number of anilines is 2. The fourth-order valence-corrected chi connectivity index (χ4v) is 5.93. The molecule has 3 aliphatic heterocycles. The van der Waals surface area contributed by atoms with E-state index >= 15 is 0 Å². The zero-order valence-electron chi connectivity index (χ0n) is 16.4. The summed E-state index contributed by atoms with van der Waals surface area (Å²) in [5, 5.41) is 6.51. The molecule has 2 fully saturated rings. The van der Waals surface area contributed by atoms with E-state index < -0.39 is 11.5 Å². The molecule has 2 amide bonds. The molecule has 1 spiro atoms. The number of benzene rings is 2. The summed E-state index contributed by atoms with van der Waals surface area (Å²) >= 11 is 9.67. The maximum Gasteiger partial charge on any atom is 0.250 e. The van der Waals surface area contributed by atoms with Crippen molar-refractivity contribution >= 4 is 50.7 Å². The number of halogens is 2. The van der Waals surface area contributed by atoms with Gasteiger partial charge in [0.05, 0.1) is 18.7 Å². The van der Waals surface area contributed by atoms with Crippen molar-refractivity contribution in [3.8, 4) is 5.75 Å². The van der Waals surface area contributed by atoms with Crippen molar-refractivity contribution < 1.29 is 14.3 Å². The third-order valence-electron chi connectivity index (χ3n) is 6.56. The molecule has 0 unspecified atom stereocenters. The van der Waals surface area contributed by atoms with E-state index in [0.717, 1.165) is 35.1 Å². The van der Waals surface area contributed by atoms with Crippen molar-refractivity contribution in [3.05, 3.63) is 51.5 Å². The molecule has 3 heterocycles. The number of fused-ring (bicyclic) bond motifs is 4. The Morgan fingerprint density at radius 3 is 2.97 bits per heavy atom. The summed E-state index contributed by atoms with van der Waals surface area (Å²) in [5.41, 5.74) is 1.14. The molecule has 2 saturated heterocycles. The summed E-state index contributed by atoms with van der Waals surface area (Å²) < 4.78 is 6.26. The highest BCUT2D eigenvalue weighted by molar-refractivity contribution is 9.10. The van der Waals surface area contributed by atoms with Crippen LogP contribution in [0.5, 0.6) is 5.75 Å². The molecule has 3 aliphatic rings. The number of nitrogens with one attached hydrogen (secondary N) is 2. The number of rotatable bonds is 3. The van der Waals surface area contributed by atoms with Gasteiger partial charge in [-0.15, -0.1) is 0 Å². The largest absolute Gasteiger partial charge is 0.495 e. The van der Waals surface area contributed by atoms with E-state index in [4.69, 9.17) is 16.3 Å². The molecule has 2 aromatic rings. The van der Waals surface area contributed by atoms with E-state index in [0.29, 0.717) is 22.9 Å². The van der Waals surface area contributed by atoms with E-state index in [9.17, 15) is 9.59 Å². The van der Waals surface area contributed by atoms with Crippen molar-refractivity contribution in [3.63, 3.8) is 0 Å². The van der Waals surface area contributed by atoms with Crippen molar-refractivity contribution in [2.24, 2.45) is 5.92 Å². The second kappa shape index (κ2) is 7.25. The smallest absolute Gasteiger partial charge is 0.250 e. The molecule has 6 nitrogen and oxygen atoms in total. The maximum atomic E-state index is 13.6. The summed E-state index contributed by atoms with van der Waals surface area (Å²) in [6.45, 7) is 0.800. The van der Waals surface area contributed by atoms with Gasteiger partial charge in [-0.2, -0.15) is 0 Å². The lowest BCUT2D eigenvalue weighted by molar-refractivity contribution is -0.135. The van der Waals surface area contributed by atoms with E-state index in [2.05, 4.69) is 31.5 Å². The van der Waals surface area contributed by atoms with Crippen LogP contribution in [0.3, 0.4) is 0 Å². The van der Waals surface area contributed by atoms with Crippen LogP contribution in [0.4, 0.5) is 11.4 Å².